The molecule has 3 rings (SSSR count). The highest BCUT2D eigenvalue weighted by Crippen LogP contribution is 2.42. The average molecular weight is 328 g/mol. The molecule has 1 unspecified atom stereocenters. The van der Waals surface area contributed by atoms with Crippen molar-refractivity contribution in [1.29, 1.82) is 5.26 Å². The molecule has 0 spiro atoms. The van der Waals surface area contributed by atoms with Crippen LogP contribution in [0.4, 0.5) is 8.78 Å². The number of halogens is 2. The summed E-state index contributed by atoms with van der Waals surface area (Å²) in [5, 5.41) is 22.4. The molecule has 1 saturated carbocycles. The monoisotopic (exact) mass is 328 g/mol. The van der Waals surface area contributed by atoms with Gasteiger partial charge >= 0.3 is 0 Å². The highest BCUT2D eigenvalue weighted by molar-refractivity contribution is 5.33. The number of nitrogens with zero attached hydrogens (tertiary/aromatic N) is 1. The summed E-state index contributed by atoms with van der Waals surface area (Å²) in [6.45, 7) is 0.253. The normalized spacial score (nSPS) is 16.9. The van der Waals surface area contributed by atoms with Crippen LogP contribution >= 0.6 is 0 Å². The van der Waals surface area contributed by atoms with Crippen LogP contribution in [0.1, 0.15) is 42.1 Å². The number of aliphatic hydroxyl groups is 1. The molecule has 0 aromatic heterocycles. The summed E-state index contributed by atoms with van der Waals surface area (Å²) in [5.74, 6) is -1.15. The van der Waals surface area contributed by atoms with Crippen LogP contribution in [0, 0.1) is 23.0 Å². The molecule has 0 heterocycles. The zero-order valence-electron chi connectivity index (χ0n) is 13.1. The van der Waals surface area contributed by atoms with Crippen molar-refractivity contribution in [2.45, 2.75) is 30.9 Å². The third-order valence-corrected chi connectivity index (χ3v) is 4.71. The maximum Gasteiger partial charge on any atom is 0.131 e. The van der Waals surface area contributed by atoms with Gasteiger partial charge < -0.3 is 10.4 Å². The Bertz CT molecular complexity index is 764. The molecule has 2 aromatic carbocycles. The Morgan fingerprint density at radius 3 is 2.42 bits per heavy atom. The van der Waals surface area contributed by atoms with Gasteiger partial charge in [0.25, 0.3) is 0 Å². The predicted molar refractivity (Wildman–Crippen MR) is 86.0 cm³/mol. The second-order valence-electron chi connectivity index (χ2n) is 6.19. The molecule has 24 heavy (non-hydrogen) atoms. The van der Waals surface area contributed by atoms with E-state index in [0.717, 1.165) is 25.3 Å². The zero-order valence-corrected chi connectivity index (χ0v) is 13.1. The van der Waals surface area contributed by atoms with Crippen LogP contribution in [0.3, 0.4) is 0 Å². The maximum atomic E-state index is 14.1. The van der Waals surface area contributed by atoms with Gasteiger partial charge in [-0.25, -0.2) is 8.78 Å². The molecule has 0 saturated heterocycles. The standard InChI is InChI=1S/C19H18F2N2O/c20-15-6-7-16(17(21)10-15)19(8-1-9-19)23-12-18(24)14-4-2-13(11-22)3-5-14/h2-7,10,18,23-24H,1,8-9,12H2. The zero-order chi connectivity index (χ0) is 17.2. The lowest BCUT2D eigenvalue weighted by atomic mass is 9.71. The first-order chi connectivity index (χ1) is 11.5. The SMILES string of the molecule is N#Cc1ccc(C(O)CNC2(c3ccc(F)cc3F)CCC2)cc1. The smallest absolute Gasteiger partial charge is 0.131 e. The van der Waals surface area contributed by atoms with Crippen LogP contribution in [-0.2, 0) is 5.54 Å². The second-order valence-corrected chi connectivity index (χ2v) is 6.19. The number of benzene rings is 2. The van der Waals surface area contributed by atoms with Gasteiger partial charge in [-0.2, -0.15) is 5.26 Å². The van der Waals surface area contributed by atoms with Crippen molar-refractivity contribution in [3.8, 4) is 6.07 Å². The van der Waals surface area contributed by atoms with Gasteiger partial charge in [0.15, 0.2) is 0 Å². The summed E-state index contributed by atoms with van der Waals surface area (Å²) >= 11 is 0. The molecule has 0 bridgehead atoms. The molecule has 0 amide bonds. The molecule has 0 radical (unpaired) electrons. The number of nitriles is 1. The van der Waals surface area contributed by atoms with E-state index in [1.165, 1.54) is 12.1 Å². The van der Waals surface area contributed by atoms with Crippen molar-refractivity contribution < 1.29 is 13.9 Å². The van der Waals surface area contributed by atoms with Crippen LogP contribution in [0.25, 0.3) is 0 Å². The molecule has 1 aliphatic rings. The van der Waals surface area contributed by atoms with E-state index in [1.807, 2.05) is 6.07 Å². The fraction of sp³-hybridized carbons (Fsp3) is 0.316. The molecule has 1 aliphatic carbocycles. The molecule has 5 heteroatoms. The van der Waals surface area contributed by atoms with Gasteiger partial charge in [0.05, 0.1) is 17.7 Å². The number of hydrogen-bond acceptors (Lipinski definition) is 3. The Hall–Kier alpha value is -2.29. The van der Waals surface area contributed by atoms with Gasteiger partial charge in [-0.05, 0) is 43.0 Å². The minimum absolute atomic E-state index is 0.253. The molecular formula is C19H18F2N2O. The highest BCUT2D eigenvalue weighted by Gasteiger charge is 2.40. The molecule has 1 atom stereocenters. The molecule has 2 N–H and O–H groups in total. The van der Waals surface area contributed by atoms with Gasteiger partial charge in [0.2, 0.25) is 0 Å². The predicted octanol–water partition coefficient (Wildman–Crippen LogP) is 3.54. The Labute approximate surface area is 139 Å². The van der Waals surface area contributed by atoms with Crippen molar-refractivity contribution in [3.63, 3.8) is 0 Å². The molecule has 2 aromatic rings. The maximum absolute atomic E-state index is 14.1. The van der Waals surface area contributed by atoms with E-state index < -0.39 is 23.3 Å². The fourth-order valence-electron chi connectivity index (χ4n) is 3.14. The Balaban J connectivity index is 1.72. The van der Waals surface area contributed by atoms with E-state index in [9.17, 15) is 13.9 Å². The average Bonchev–Trinajstić information content (AvgIpc) is 2.55. The van der Waals surface area contributed by atoms with Crippen molar-refractivity contribution in [3.05, 3.63) is 70.8 Å². The van der Waals surface area contributed by atoms with Gasteiger partial charge in [-0.1, -0.05) is 18.2 Å². The highest BCUT2D eigenvalue weighted by atomic mass is 19.1. The number of rotatable bonds is 5. The lowest BCUT2D eigenvalue weighted by Crippen LogP contribution is -2.50. The molecule has 0 aliphatic heterocycles. The van der Waals surface area contributed by atoms with Gasteiger partial charge in [0.1, 0.15) is 11.6 Å². The van der Waals surface area contributed by atoms with Crippen LogP contribution in [0.2, 0.25) is 0 Å². The minimum atomic E-state index is -0.765. The first-order valence-electron chi connectivity index (χ1n) is 7.93. The van der Waals surface area contributed by atoms with E-state index >= 15 is 0 Å². The third kappa shape index (κ3) is 3.16. The topological polar surface area (TPSA) is 56.0 Å². The summed E-state index contributed by atoms with van der Waals surface area (Å²) in [5.41, 5.74) is 1.12. The first-order valence-corrected chi connectivity index (χ1v) is 7.93. The largest absolute Gasteiger partial charge is 0.387 e. The van der Waals surface area contributed by atoms with Crippen molar-refractivity contribution >= 4 is 0 Å². The summed E-state index contributed by atoms with van der Waals surface area (Å²) < 4.78 is 27.3. The lowest BCUT2D eigenvalue weighted by Gasteiger charge is -2.44. The first kappa shape index (κ1) is 16.6. The minimum Gasteiger partial charge on any atom is -0.387 e. The Kier molecular flexibility index (Phi) is 4.61. The summed E-state index contributed by atoms with van der Waals surface area (Å²) in [6, 6.07) is 12.4. The van der Waals surface area contributed by atoms with Crippen LogP contribution < -0.4 is 5.32 Å². The van der Waals surface area contributed by atoms with E-state index in [0.29, 0.717) is 16.7 Å². The van der Waals surface area contributed by atoms with Crippen molar-refractivity contribution in [2.24, 2.45) is 0 Å². The summed E-state index contributed by atoms with van der Waals surface area (Å²) in [6.07, 6.45) is 1.68. The van der Waals surface area contributed by atoms with Gasteiger partial charge in [0, 0.05) is 23.7 Å². The van der Waals surface area contributed by atoms with Crippen LogP contribution in [0.15, 0.2) is 42.5 Å². The second kappa shape index (κ2) is 6.68. The molecular weight excluding hydrogens is 310 g/mol. The third-order valence-electron chi connectivity index (χ3n) is 4.71. The fourth-order valence-corrected chi connectivity index (χ4v) is 3.14. The van der Waals surface area contributed by atoms with Crippen molar-refractivity contribution in [1.82, 2.24) is 5.32 Å². The number of nitrogens with one attached hydrogen (secondary N) is 1. The van der Waals surface area contributed by atoms with E-state index in [1.54, 1.807) is 24.3 Å². The lowest BCUT2D eigenvalue weighted by molar-refractivity contribution is 0.119. The van der Waals surface area contributed by atoms with Gasteiger partial charge in [-0.3, -0.25) is 0 Å². The number of hydrogen-bond donors (Lipinski definition) is 2. The van der Waals surface area contributed by atoms with Crippen molar-refractivity contribution in [2.75, 3.05) is 6.54 Å². The Morgan fingerprint density at radius 1 is 1.17 bits per heavy atom. The van der Waals surface area contributed by atoms with E-state index in [4.69, 9.17) is 5.26 Å². The quantitative estimate of drug-likeness (QED) is 0.883. The van der Waals surface area contributed by atoms with E-state index in [-0.39, 0.29) is 6.54 Å². The molecule has 124 valence electrons. The van der Waals surface area contributed by atoms with Gasteiger partial charge in [-0.15, -0.1) is 0 Å². The van der Waals surface area contributed by atoms with E-state index in [2.05, 4.69) is 5.32 Å². The van der Waals surface area contributed by atoms with Crippen LogP contribution in [-0.4, -0.2) is 11.7 Å². The summed E-state index contributed by atoms with van der Waals surface area (Å²) in [7, 11) is 0. The van der Waals surface area contributed by atoms with Crippen LogP contribution in [0.5, 0.6) is 0 Å². The molecule has 1 fully saturated rings. The number of aliphatic hydroxyl groups excluding tert-OH is 1. The molecule has 3 nitrogen and oxygen atoms in total. The Morgan fingerprint density at radius 2 is 1.88 bits per heavy atom. The summed E-state index contributed by atoms with van der Waals surface area (Å²) in [4.78, 5) is 0.